The molecular weight excluding hydrogens is 436 g/mol. The monoisotopic (exact) mass is 464 g/mol. The van der Waals surface area contributed by atoms with Crippen LogP contribution in [0.25, 0.3) is 0 Å². The summed E-state index contributed by atoms with van der Waals surface area (Å²) >= 11 is 6.25. The van der Waals surface area contributed by atoms with Crippen LogP contribution in [0.4, 0.5) is 10.5 Å². The molecule has 1 aliphatic carbocycles. The van der Waals surface area contributed by atoms with Gasteiger partial charge in [-0.15, -0.1) is 11.6 Å². The standard InChI is InChI=1S/C22H29ClN4O3S/c1-27(13-11-17-4-2-6-19(23)14-17)31(29,30)21-9-7-20(8-10-21)26-22(28)25-16-18-5-3-12-24-15-18/h3,5,7-10,12,15,17,19H,2,4,6,11,13-14,16H2,1H3,(H2,25,26,28). The lowest BCUT2D eigenvalue weighted by Gasteiger charge is -2.27. The number of carbonyl (C=O) groups excluding carboxylic acids is 1. The Morgan fingerprint density at radius 1 is 1.23 bits per heavy atom. The second-order valence-electron chi connectivity index (χ2n) is 7.94. The second kappa shape index (κ2) is 10.9. The first-order valence-corrected chi connectivity index (χ1v) is 12.4. The molecule has 168 valence electrons. The summed E-state index contributed by atoms with van der Waals surface area (Å²) in [5, 5.41) is 5.65. The number of urea groups is 1. The molecule has 2 atom stereocenters. The Morgan fingerprint density at radius 3 is 2.68 bits per heavy atom. The maximum Gasteiger partial charge on any atom is 0.319 e. The quantitative estimate of drug-likeness (QED) is 0.572. The molecule has 1 saturated carbocycles. The fourth-order valence-electron chi connectivity index (χ4n) is 3.72. The number of benzene rings is 1. The first-order valence-electron chi connectivity index (χ1n) is 10.5. The van der Waals surface area contributed by atoms with Gasteiger partial charge in [-0.05, 0) is 61.1 Å². The van der Waals surface area contributed by atoms with Crippen LogP contribution in [0.15, 0.2) is 53.7 Å². The van der Waals surface area contributed by atoms with Gasteiger partial charge in [-0.3, -0.25) is 4.98 Å². The number of sulfonamides is 1. The first-order chi connectivity index (χ1) is 14.8. The average Bonchev–Trinajstić information content (AvgIpc) is 2.77. The van der Waals surface area contributed by atoms with Crippen molar-refractivity contribution in [3.8, 4) is 0 Å². The van der Waals surface area contributed by atoms with Crippen molar-refractivity contribution in [1.29, 1.82) is 0 Å². The van der Waals surface area contributed by atoms with Gasteiger partial charge in [0.25, 0.3) is 0 Å². The Morgan fingerprint density at radius 2 is 2.00 bits per heavy atom. The van der Waals surface area contributed by atoms with Crippen molar-refractivity contribution in [2.24, 2.45) is 5.92 Å². The number of hydrogen-bond acceptors (Lipinski definition) is 4. The van der Waals surface area contributed by atoms with Crippen LogP contribution in [-0.4, -0.2) is 42.7 Å². The van der Waals surface area contributed by atoms with Crippen LogP contribution < -0.4 is 10.6 Å². The van der Waals surface area contributed by atoms with Crippen LogP contribution in [-0.2, 0) is 16.6 Å². The lowest BCUT2D eigenvalue weighted by molar-refractivity contribution is 0.251. The molecule has 2 N–H and O–H groups in total. The normalized spacial score (nSPS) is 19.2. The van der Waals surface area contributed by atoms with Crippen molar-refractivity contribution in [2.45, 2.75) is 48.9 Å². The fourth-order valence-corrected chi connectivity index (χ4v) is 5.31. The molecule has 2 aromatic rings. The van der Waals surface area contributed by atoms with Crippen molar-refractivity contribution in [3.05, 3.63) is 54.4 Å². The van der Waals surface area contributed by atoms with Crippen molar-refractivity contribution < 1.29 is 13.2 Å². The molecule has 1 aromatic heterocycles. The number of nitrogens with zero attached hydrogens (tertiary/aromatic N) is 2. The highest BCUT2D eigenvalue weighted by Gasteiger charge is 2.24. The predicted octanol–water partition coefficient (Wildman–Crippen LogP) is 4.21. The van der Waals surface area contributed by atoms with Crippen LogP contribution in [0.1, 0.15) is 37.7 Å². The van der Waals surface area contributed by atoms with E-state index in [9.17, 15) is 13.2 Å². The molecule has 2 amide bonds. The van der Waals surface area contributed by atoms with Crippen LogP contribution in [0.3, 0.4) is 0 Å². The van der Waals surface area contributed by atoms with E-state index < -0.39 is 10.0 Å². The summed E-state index contributed by atoms with van der Waals surface area (Å²) in [5.74, 6) is 0.477. The molecule has 0 spiro atoms. The van der Waals surface area contributed by atoms with Crippen molar-refractivity contribution in [2.75, 3.05) is 18.9 Å². The zero-order valence-corrected chi connectivity index (χ0v) is 19.2. The molecule has 1 aliphatic rings. The van der Waals surface area contributed by atoms with Gasteiger partial charge in [-0.1, -0.05) is 18.9 Å². The molecule has 0 radical (unpaired) electrons. The topological polar surface area (TPSA) is 91.4 Å². The first kappa shape index (κ1) is 23.5. The van der Waals surface area contributed by atoms with E-state index in [-0.39, 0.29) is 16.3 Å². The van der Waals surface area contributed by atoms with Gasteiger partial charge in [0.2, 0.25) is 10.0 Å². The zero-order chi connectivity index (χ0) is 22.3. The maximum atomic E-state index is 12.9. The molecule has 0 bridgehead atoms. The minimum absolute atomic E-state index is 0.204. The van der Waals surface area contributed by atoms with Crippen LogP contribution in [0.5, 0.6) is 0 Å². The number of amides is 2. The third-order valence-electron chi connectivity index (χ3n) is 5.57. The van der Waals surface area contributed by atoms with Gasteiger partial charge < -0.3 is 10.6 Å². The van der Waals surface area contributed by atoms with Gasteiger partial charge in [0, 0.05) is 43.6 Å². The molecule has 7 nitrogen and oxygen atoms in total. The predicted molar refractivity (Wildman–Crippen MR) is 123 cm³/mol. The number of carbonyl (C=O) groups is 1. The van der Waals surface area contributed by atoms with E-state index in [0.717, 1.165) is 37.7 Å². The molecule has 1 aromatic carbocycles. The highest BCUT2D eigenvalue weighted by Crippen LogP contribution is 2.30. The Labute approximate surface area is 189 Å². The van der Waals surface area contributed by atoms with Gasteiger partial charge in [0.1, 0.15) is 0 Å². The SMILES string of the molecule is CN(CCC1CCCC(Cl)C1)S(=O)(=O)c1ccc(NC(=O)NCc2cccnc2)cc1. The number of alkyl halides is 1. The summed E-state index contributed by atoms with van der Waals surface area (Å²) in [5.41, 5.74) is 1.40. The molecule has 3 rings (SSSR count). The highest BCUT2D eigenvalue weighted by atomic mass is 35.5. The Kier molecular flexibility index (Phi) is 8.28. The molecule has 1 heterocycles. The van der Waals surface area contributed by atoms with E-state index in [1.165, 1.54) is 16.4 Å². The van der Waals surface area contributed by atoms with E-state index in [2.05, 4.69) is 15.6 Å². The van der Waals surface area contributed by atoms with Gasteiger partial charge in [0.05, 0.1) is 4.90 Å². The Bertz CT molecular complexity index is 954. The molecule has 9 heteroatoms. The average molecular weight is 465 g/mol. The van der Waals surface area contributed by atoms with E-state index in [1.807, 2.05) is 6.07 Å². The van der Waals surface area contributed by atoms with Crippen molar-refractivity contribution in [3.63, 3.8) is 0 Å². The molecule has 0 aliphatic heterocycles. The lowest BCUT2D eigenvalue weighted by Crippen LogP contribution is -2.30. The number of pyridine rings is 1. The minimum atomic E-state index is -3.58. The van der Waals surface area contributed by atoms with Crippen LogP contribution in [0.2, 0.25) is 0 Å². The zero-order valence-electron chi connectivity index (χ0n) is 17.6. The third-order valence-corrected chi connectivity index (χ3v) is 7.83. The lowest BCUT2D eigenvalue weighted by atomic mass is 9.87. The number of aromatic nitrogens is 1. The van der Waals surface area contributed by atoms with E-state index in [0.29, 0.717) is 24.7 Å². The number of anilines is 1. The fraction of sp³-hybridized carbons (Fsp3) is 0.455. The molecule has 31 heavy (non-hydrogen) atoms. The van der Waals surface area contributed by atoms with Gasteiger partial charge in [0.15, 0.2) is 0 Å². The largest absolute Gasteiger partial charge is 0.334 e. The summed E-state index contributed by atoms with van der Waals surface area (Å²) in [7, 11) is -1.97. The van der Waals surface area contributed by atoms with Crippen molar-refractivity contribution in [1.82, 2.24) is 14.6 Å². The summed E-state index contributed by atoms with van der Waals surface area (Å²) < 4.78 is 27.1. The smallest absolute Gasteiger partial charge is 0.319 e. The number of hydrogen-bond donors (Lipinski definition) is 2. The summed E-state index contributed by atoms with van der Waals surface area (Å²) in [6, 6.07) is 9.49. The Balaban J connectivity index is 1.51. The molecule has 1 fully saturated rings. The number of halogens is 1. The number of rotatable bonds is 8. The van der Waals surface area contributed by atoms with E-state index in [4.69, 9.17) is 11.6 Å². The Hall–Kier alpha value is -2.16. The van der Waals surface area contributed by atoms with E-state index in [1.54, 1.807) is 37.6 Å². The van der Waals surface area contributed by atoms with Crippen molar-refractivity contribution >= 4 is 33.3 Å². The molecule has 2 unspecified atom stereocenters. The number of nitrogens with one attached hydrogen (secondary N) is 2. The highest BCUT2D eigenvalue weighted by molar-refractivity contribution is 7.89. The molecule has 0 saturated heterocycles. The summed E-state index contributed by atoms with van der Waals surface area (Å²) in [6.07, 6.45) is 8.39. The summed E-state index contributed by atoms with van der Waals surface area (Å²) in [6.45, 7) is 0.815. The summed E-state index contributed by atoms with van der Waals surface area (Å²) in [4.78, 5) is 16.3. The molecular formula is C22H29ClN4O3S. The van der Waals surface area contributed by atoms with Crippen LogP contribution in [0, 0.1) is 5.92 Å². The minimum Gasteiger partial charge on any atom is -0.334 e. The third kappa shape index (κ3) is 6.92. The van der Waals surface area contributed by atoms with Gasteiger partial charge >= 0.3 is 6.03 Å². The van der Waals surface area contributed by atoms with Gasteiger partial charge in [-0.2, -0.15) is 0 Å². The van der Waals surface area contributed by atoms with Crippen LogP contribution >= 0.6 is 11.6 Å². The van der Waals surface area contributed by atoms with E-state index >= 15 is 0 Å². The maximum absolute atomic E-state index is 12.9. The second-order valence-corrected chi connectivity index (χ2v) is 10.6. The van der Waals surface area contributed by atoms with Gasteiger partial charge in [-0.25, -0.2) is 17.5 Å².